The maximum Gasteiger partial charge on any atom is 0.416 e. The van der Waals surface area contributed by atoms with Crippen LogP contribution in [0.2, 0.25) is 0 Å². The first-order valence-corrected chi connectivity index (χ1v) is 13.6. The summed E-state index contributed by atoms with van der Waals surface area (Å²) in [6.45, 7) is 2.53. The molecule has 8 nitrogen and oxygen atoms in total. The van der Waals surface area contributed by atoms with E-state index in [2.05, 4.69) is 15.4 Å². The van der Waals surface area contributed by atoms with Crippen molar-refractivity contribution in [3.8, 4) is 16.9 Å². The molecular formula is C30H24F6N6O2. The first-order valence-electron chi connectivity index (χ1n) is 13.6. The van der Waals surface area contributed by atoms with Gasteiger partial charge in [-0.2, -0.15) is 31.4 Å². The number of hydrogen-bond donors (Lipinski definition) is 1. The van der Waals surface area contributed by atoms with Gasteiger partial charge in [-0.3, -0.25) is 19.5 Å². The standard InChI is InChI=1S/C30H24F6N6O2/c1-17-16-40(26-22-7-4-20(30(34,35)36)14-23(22)38-27(26)43)12-13-41(17)28(44)24-15-25(18-8-10-37-11-9-18)42(39-24)21-5-2-19(3-6-21)29(31,32)33/h2-11,14-15,17,26H,12-13,16H2,1H3,(H,38,43). The van der Waals surface area contributed by atoms with Crippen LogP contribution in [0.3, 0.4) is 0 Å². The summed E-state index contributed by atoms with van der Waals surface area (Å²) in [5.74, 6) is -0.854. The van der Waals surface area contributed by atoms with Gasteiger partial charge in [-0.25, -0.2) is 4.68 Å². The van der Waals surface area contributed by atoms with Crippen LogP contribution >= 0.6 is 0 Å². The van der Waals surface area contributed by atoms with Crippen LogP contribution in [0.1, 0.15) is 40.1 Å². The van der Waals surface area contributed by atoms with Crippen molar-refractivity contribution in [2.24, 2.45) is 0 Å². The summed E-state index contributed by atoms with van der Waals surface area (Å²) in [6, 6.07) is 11.3. The number of pyridine rings is 1. The molecule has 14 heteroatoms. The number of benzene rings is 2. The minimum absolute atomic E-state index is 0.0700. The highest BCUT2D eigenvalue weighted by atomic mass is 19.4. The zero-order valence-electron chi connectivity index (χ0n) is 23.0. The van der Waals surface area contributed by atoms with E-state index in [1.807, 2.05) is 4.90 Å². The normalized spacial score (nSPS) is 19.2. The molecule has 1 saturated heterocycles. The average Bonchev–Trinajstić information content (AvgIpc) is 3.57. The molecule has 44 heavy (non-hydrogen) atoms. The fraction of sp³-hybridized carbons (Fsp3) is 0.267. The van der Waals surface area contributed by atoms with Crippen LogP contribution in [-0.4, -0.2) is 62.1 Å². The van der Waals surface area contributed by atoms with Gasteiger partial charge < -0.3 is 10.2 Å². The lowest BCUT2D eigenvalue weighted by atomic mass is 10.0. The second-order valence-electron chi connectivity index (χ2n) is 10.6. The number of carbonyl (C=O) groups excluding carboxylic acids is 2. The molecule has 4 heterocycles. The number of halogens is 6. The lowest BCUT2D eigenvalue weighted by Crippen LogP contribution is -2.55. The third-order valence-electron chi connectivity index (χ3n) is 7.81. The number of alkyl halides is 6. The molecule has 228 valence electrons. The Kier molecular flexibility index (Phi) is 7.19. The summed E-state index contributed by atoms with van der Waals surface area (Å²) in [6.07, 6.45) is -5.97. The van der Waals surface area contributed by atoms with E-state index < -0.39 is 47.4 Å². The number of carbonyl (C=O) groups is 2. The molecule has 2 atom stereocenters. The Morgan fingerprint density at radius 3 is 2.18 bits per heavy atom. The number of rotatable bonds is 4. The van der Waals surface area contributed by atoms with Gasteiger partial charge in [-0.05, 0) is 61.5 Å². The van der Waals surface area contributed by atoms with Gasteiger partial charge in [0.1, 0.15) is 6.04 Å². The molecule has 0 bridgehead atoms. The molecule has 2 aliphatic heterocycles. The second-order valence-corrected chi connectivity index (χ2v) is 10.6. The smallest absolute Gasteiger partial charge is 0.332 e. The predicted octanol–water partition coefficient (Wildman–Crippen LogP) is 5.81. The lowest BCUT2D eigenvalue weighted by molar-refractivity contribution is -0.138. The molecule has 2 unspecified atom stereocenters. The Morgan fingerprint density at radius 2 is 1.55 bits per heavy atom. The predicted molar refractivity (Wildman–Crippen MR) is 147 cm³/mol. The van der Waals surface area contributed by atoms with E-state index >= 15 is 0 Å². The molecule has 0 aliphatic carbocycles. The van der Waals surface area contributed by atoms with Crippen LogP contribution < -0.4 is 5.32 Å². The van der Waals surface area contributed by atoms with Gasteiger partial charge >= 0.3 is 12.4 Å². The van der Waals surface area contributed by atoms with Gasteiger partial charge in [0.2, 0.25) is 5.91 Å². The van der Waals surface area contributed by atoms with E-state index in [1.54, 1.807) is 42.4 Å². The molecule has 4 aromatic rings. The molecule has 2 aliphatic rings. The van der Waals surface area contributed by atoms with Crippen molar-refractivity contribution in [1.29, 1.82) is 0 Å². The highest BCUT2D eigenvalue weighted by Gasteiger charge is 2.41. The lowest BCUT2D eigenvalue weighted by Gasteiger charge is -2.41. The van der Waals surface area contributed by atoms with Crippen molar-refractivity contribution in [3.63, 3.8) is 0 Å². The van der Waals surface area contributed by atoms with Crippen LogP contribution in [0, 0.1) is 0 Å². The van der Waals surface area contributed by atoms with E-state index in [0.717, 1.165) is 24.3 Å². The number of amides is 2. The van der Waals surface area contributed by atoms with Crippen molar-refractivity contribution in [2.75, 3.05) is 25.0 Å². The fourth-order valence-electron chi connectivity index (χ4n) is 5.66. The minimum Gasteiger partial charge on any atom is -0.332 e. The van der Waals surface area contributed by atoms with Crippen LogP contribution in [-0.2, 0) is 17.1 Å². The second kappa shape index (κ2) is 10.8. The molecule has 0 spiro atoms. The summed E-state index contributed by atoms with van der Waals surface area (Å²) in [7, 11) is 0. The SMILES string of the molecule is CC1CN(C2C(=O)Nc3cc(C(F)(F)F)ccc32)CCN1C(=O)c1cc(-c2ccncc2)n(-c2ccc(C(F)(F)F)cc2)n1. The van der Waals surface area contributed by atoms with Crippen LogP contribution in [0.4, 0.5) is 32.0 Å². The Hall–Kier alpha value is -4.72. The zero-order chi connectivity index (χ0) is 31.4. The Morgan fingerprint density at radius 1 is 0.886 bits per heavy atom. The molecule has 1 N–H and O–H groups in total. The van der Waals surface area contributed by atoms with Crippen molar-refractivity contribution >= 4 is 17.5 Å². The molecule has 1 fully saturated rings. The first-order chi connectivity index (χ1) is 20.8. The summed E-state index contributed by atoms with van der Waals surface area (Å²) < 4.78 is 80.4. The van der Waals surface area contributed by atoms with Crippen LogP contribution in [0.5, 0.6) is 0 Å². The number of piperazine rings is 1. The quantitative estimate of drug-likeness (QED) is 0.294. The van der Waals surface area contributed by atoms with Gasteiger partial charge in [-0.1, -0.05) is 6.07 Å². The average molecular weight is 615 g/mol. The number of fused-ring (bicyclic) bond motifs is 1. The Bertz CT molecular complexity index is 1720. The van der Waals surface area contributed by atoms with Gasteiger partial charge in [0.05, 0.1) is 22.5 Å². The number of anilines is 1. The molecule has 2 amide bonds. The third kappa shape index (κ3) is 5.41. The first kappa shape index (κ1) is 29.4. The molecule has 2 aromatic heterocycles. The van der Waals surface area contributed by atoms with E-state index in [4.69, 9.17) is 0 Å². The third-order valence-corrected chi connectivity index (χ3v) is 7.81. The summed E-state index contributed by atoms with van der Waals surface area (Å²) >= 11 is 0. The number of aromatic nitrogens is 3. The molecule has 0 saturated carbocycles. The Labute approximate surface area is 246 Å². The van der Waals surface area contributed by atoms with Gasteiger partial charge in [0.25, 0.3) is 5.91 Å². The summed E-state index contributed by atoms with van der Waals surface area (Å²) in [5, 5.41) is 7.02. The van der Waals surface area contributed by atoms with Crippen LogP contribution in [0.15, 0.2) is 73.1 Å². The molecule has 2 aromatic carbocycles. The van der Waals surface area contributed by atoms with Gasteiger partial charge in [0, 0.05) is 54.9 Å². The molecule has 6 rings (SSSR count). The number of nitrogens with one attached hydrogen (secondary N) is 1. The summed E-state index contributed by atoms with van der Waals surface area (Å²) in [5.41, 5.74) is 0.375. The molecular weight excluding hydrogens is 590 g/mol. The topological polar surface area (TPSA) is 83.4 Å². The van der Waals surface area contributed by atoms with Crippen LogP contribution in [0.25, 0.3) is 16.9 Å². The maximum atomic E-state index is 13.7. The van der Waals surface area contributed by atoms with Gasteiger partial charge in [-0.15, -0.1) is 0 Å². The van der Waals surface area contributed by atoms with E-state index in [0.29, 0.717) is 22.5 Å². The Balaban J connectivity index is 1.25. The van der Waals surface area contributed by atoms with Crippen molar-refractivity contribution < 1.29 is 35.9 Å². The van der Waals surface area contributed by atoms with E-state index in [9.17, 15) is 35.9 Å². The maximum absolute atomic E-state index is 13.7. The zero-order valence-corrected chi connectivity index (χ0v) is 23.0. The van der Waals surface area contributed by atoms with E-state index in [-0.39, 0.29) is 31.0 Å². The van der Waals surface area contributed by atoms with Gasteiger partial charge in [0.15, 0.2) is 5.69 Å². The highest BCUT2D eigenvalue weighted by Crippen LogP contribution is 2.40. The van der Waals surface area contributed by atoms with E-state index in [1.165, 1.54) is 22.9 Å². The van der Waals surface area contributed by atoms with Crippen molar-refractivity contribution in [1.82, 2.24) is 24.6 Å². The summed E-state index contributed by atoms with van der Waals surface area (Å²) in [4.78, 5) is 34.0. The highest BCUT2D eigenvalue weighted by molar-refractivity contribution is 6.02. The molecule has 0 radical (unpaired) electrons. The number of hydrogen-bond acceptors (Lipinski definition) is 5. The number of nitrogens with zero attached hydrogens (tertiary/aromatic N) is 5. The van der Waals surface area contributed by atoms with Crippen molar-refractivity contribution in [3.05, 3.63) is 95.4 Å². The largest absolute Gasteiger partial charge is 0.416 e. The monoisotopic (exact) mass is 614 g/mol. The minimum atomic E-state index is -4.55. The van der Waals surface area contributed by atoms with Crippen molar-refractivity contribution in [2.45, 2.75) is 31.4 Å². The fourth-order valence-corrected chi connectivity index (χ4v) is 5.66.